The summed E-state index contributed by atoms with van der Waals surface area (Å²) < 4.78 is 0. The molecule has 2 atom stereocenters. The van der Waals surface area contributed by atoms with Gasteiger partial charge in [0.25, 0.3) is 0 Å². The van der Waals surface area contributed by atoms with Gasteiger partial charge in [0.1, 0.15) is 0 Å². The molecule has 1 N–H and O–H groups in total. The normalized spacial score (nSPS) is 21.7. The number of hydrogen-bond donors (Lipinski definition) is 1. The summed E-state index contributed by atoms with van der Waals surface area (Å²) in [6.45, 7) is 9.20. The maximum absolute atomic E-state index is 3.87. The Balaban J connectivity index is 1.86. The van der Waals surface area contributed by atoms with E-state index in [2.05, 4.69) is 69.4 Å². The molecule has 0 bridgehead atoms. The van der Waals surface area contributed by atoms with Crippen molar-refractivity contribution in [3.8, 4) is 0 Å². The summed E-state index contributed by atoms with van der Waals surface area (Å²) in [7, 11) is 0. The summed E-state index contributed by atoms with van der Waals surface area (Å²) in [4.78, 5) is 2.82. The van der Waals surface area contributed by atoms with Crippen molar-refractivity contribution in [1.82, 2.24) is 5.32 Å². The second-order valence-corrected chi connectivity index (χ2v) is 7.95. The van der Waals surface area contributed by atoms with Crippen LogP contribution < -0.4 is 5.32 Å². The van der Waals surface area contributed by atoms with Gasteiger partial charge in [-0.1, -0.05) is 38.1 Å². The van der Waals surface area contributed by atoms with Crippen molar-refractivity contribution in [1.29, 1.82) is 0 Å². The van der Waals surface area contributed by atoms with Crippen LogP contribution in [0.1, 0.15) is 53.7 Å². The molecule has 3 rings (SSSR count). The fourth-order valence-electron chi connectivity index (χ4n) is 3.32. The molecule has 0 spiro atoms. The van der Waals surface area contributed by atoms with E-state index < -0.39 is 0 Å². The van der Waals surface area contributed by atoms with Gasteiger partial charge in [-0.2, -0.15) is 0 Å². The van der Waals surface area contributed by atoms with Crippen LogP contribution in [0.15, 0.2) is 36.4 Å². The van der Waals surface area contributed by atoms with Gasteiger partial charge in [-0.25, -0.2) is 0 Å². The quantitative estimate of drug-likeness (QED) is 0.834. The lowest BCUT2D eigenvalue weighted by molar-refractivity contribution is 0.253. The predicted octanol–water partition coefficient (Wildman–Crippen LogP) is 5.03. The molecule has 0 amide bonds. The van der Waals surface area contributed by atoms with Crippen LogP contribution in [0.3, 0.4) is 0 Å². The standard InChI is InChI=1S/C18H23NS/c1-12-9-10-16(20-12)13(2)19-17-15-8-6-5-7-14(15)11-18(17,3)4/h5-10,13,17,19H,11H2,1-4H3. The number of benzene rings is 1. The van der Waals surface area contributed by atoms with Crippen LogP contribution in [0.2, 0.25) is 0 Å². The molecule has 1 aliphatic rings. The van der Waals surface area contributed by atoms with E-state index in [1.54, 1.807) is 0 Å². The van der Waals surface area contributed by atoms with Crippen LogP contribution in [0.4, 0.5) is 0 Å². The molecule has 2 unspecified atom stereocenters. The minimum Gasteiger partial charge on any atom is -0.302 e. The Morgan fingerprint density at radius 2 is 1.95 bits per heavy atom. The molecule has 20 heavy (non-hydrogen) atoms. The van der Waals surface area contributed by atoms with Gasteiger partial charge in [0.05, 0.1) is 0 Å². The van der Waals surface area contributed by atoms with Gasteiger partial charge in [-0.3, -0.25) is 0 Å². The lowest BCUT2D eigenvalue weighted by atomic mass is 9.85. The number of fused-ring (bicyclic) bond motifs is 1. The maximum atomic E-state index is 3.87. The van der Waals surface area contributed by atoms with E-state index in [9.17, 15) is 0 Å². The average Bonchev–Trinajstić information content (AvgIpc) is 2.92. The molecule has 0 radical (unpaired) electrons. The zero-order valence-corrected chi connectivity index (χ0v) is 13.6. The summed E-state index contributed by atoms with van der Waals surface area (Å²) in [5.41, 5.74) is 3.27. The van der Waals surface area contributed by atoms with E-state index >= 15 is 0 Å². The molecule has 1 aromatic carbocycles. The second kappa shape index (κ2) is 5.01. The van der Waals surface area contributed by atoms with Crippen molar-refractivity contribution in [3.63, 3.8) is 0 Å². The first-order valence-corrected chi connectivity index (χ1v) is 8.19. The Labute approximate surface area is 126 Å². The average molecular weight is 285 g/mol. The zero-order valence-electron chi connectivity index (χ0n) is 12.7. The van der Waals surface area contributed by atoms with Gasteiger partial charge >= 0.3 is 0 Å². The summed E-state index contributed by atoms with van der Waals surface area (Å²) in [5, 5.41) is 3.87. The van der Waals surface area contributed by atoms with Crippen molar-refractivity contribution in [3.05, 3.63) is 57.3 Å². The van der Waals surface area contributed by atoms with Gasteiger partial charge in [-0.15, -0.1) is 11.3 Å². The third-order valence-corrected chi connectivity index (χ3v) is 5.58. The van der Waals surface area contributed by atoms with Gasteiger partial charge in [0.2, 0.25) is 0 Å². The van der Waals surface area contributed by atoms with E-state index in [1.165, 1.54) is 20.9 Å². The first-order chi connectivity index (χ1) is 9.47. The predicted molar refractivity (Wildman–Crippen MR) is 87.3 cm³/mol. The molecule has 2 aromatic rings. The number of rotatable bonds is 3. The van der Waals surface area contributed by atoms with Gasteiger partial charge < -0.3 is 5.32 Å². The number of hydrogen-bond acceptors (Lipinski definition) is 2. The molecule has 1 nitrogen and oxygen atoms in total. The Kier molecular flexibility index (Phi) is 3.47. The van der Waals surface area contributed by atoms with E-state index in [-0.39, 0.29) is 5.41 Å². The van der Waals surface area contributed by atoms with Crippen LogP contribution in [0, 0.1) is 12.3 Å². The largest absolute Gasteiger partial charge is 0.302 e. The molecule has 0 saturated heterocycles. The first-order valence-electron chi connectivity index (χ1n) is 7.37. The Morgan fingerprint density at radius 1 is 1.20 bits per heavy atom. The van der Waals surface area contributed by atoms with Crippen molar-refractivity contribution in [2.24, 2.45) is 5.41 Å². The lowest BCUT2D eigenvalue weighted by Gasteiger charge is -2.31. The third-order valence-electron chi connectivity index (χ3n) is 4.40. The fraction of sp³-hybridized carbons (Fsp3) is 0.444. The van der Waals surface area contributed by atoms with Crippen LogP contribution >= 0.6 is 11.3 Å². The molecule has 1 aliphatic carbocycles. The molecule has 0 saturated carbocycles. The highest BCUT2D eigenvalue weighted by atomic mass is 32.1. The summed E-state index contributed by atoms with van der Waals surface area (Å²) in [5.74, 6) is 0. The van der Waals surface area contributed by atoms with Crippen LogP contribution in [-0.2, 0) is 6.42 Å². The highest BCUT2D eigenvalue weighted by Crippen LogP contribution is 2.46. The summed E-state index contributed by atoms with van der Waals surface area (Å²) >= 11 is 1.90. The molecule has 1 aromatic heterocycles. The summed E-state index contributed by atoms with van der Waals surface area (Å²) in [6.07, 6.45) is 1.16. The molecule has 2 heteroatoms. The Morgan fingerprint density at radius 3 is 2.65 bits per heavy atom. The van der Waals surface area contributed by atoms with E-state index in [0.29, 0.717) is 12.1 Å². The molecule has 0 fully saturated rings. The molecular formula is C18H23NS. The smallest absolute Gasteiger partial charge is 0.0391 e. The van der Waals surface area contributed by atoms with E-state index in [0.717, 1.165) is 6.42 Å². The topological polar surface area (TPSA) is 12.0 Å². The van der Waals surface area contributed by atoms with Gasteiger partial charge in [0, 0.05) is 21.8 Å². The Bertz CT molecular complexity index is 611. The van der Waals surface area contributed by atoms with Crippen molar-refractivity contribution in [2.75, 3.05) is 0 Å². The monoisotopic (exact) mass is 285 g/mol. The molecule has 106 valence electrons. The first kappa shape index (κ1) is 13.8. The summed E-state index contributed by atoms with van der Waals surface area (Å²) in [6, 6.07) is 14.2. The van der Waals surface area contributed by atoms with Crippen LogP contribution in [0.25, 0.3) is 0 Å². The molecular weight excluding hydrogens is 262 g/mol. The van der Waals surface area contributed by atoms with Crippen LogP contribution in [-0.4, -0.2) is 0 Å². The molecule has 0 aliphatic heterocycles. The third kappa shape index (κ3) is 2.43. The molecule has 1 heterocycles. The number of nitrogens with one attached hydrogen (secondary N) is 1. The fourth-order valence-corrected chi connectivity index (χ4v) is 4.21. The van der Waals surface area contributed by atoms with E-state index in [4.69, 9.17) is 0 Å². The second-order valence-electron chi connectivity index (χ2n) is 6.63. The van der Waals surface area contributed by atoms with E-state index in [1.807, 2.05) is 11.3 Å². The van der Waals surface area contributed by atoms with Crippen molar-refractivity contribution in [2.45, 2.75) is 46.2 Å². The maximum Gasteiger partial charge on any atom is 0.0391 e. The van der Waals surface area contributed by atoms with Crippen LogP contribution in [0.5, 0.6) is 0 Å². The minimum atomic E-state index is 0.282. The van der Waals surface area contributed by atoms with Gasteiger partial charge in [-0.05, 0) is 48.9 Å². The zero-order chi connectivity index (χ0) is 14.3. The van der Waals surface area contributed by atoms with Crippen molar-refractivity contribution >= 4 is 11.3 Å². The lowest BCUT2D eigenvalue weighted by Crippen LogP contribution is -2.32. The number of aryl methyl sites for hydroxylation is 1. The Hall–Kier alpha value is -1.12. The highest BCUT2D eigenvalue weighted by Gasteiger charge is 2.39. The number of thiophene rings is 1. The van der Waals surface area contributed by atoms with Crippen molar-refractivity contribution < 1.29 is 0 Å². The highest BCUT2D eigenvalue weighted by molar-refractivity contribution is 7.12. The van der Waals surface area contributed by atoms with Gasteiger partial charge in [0.15, 0.2) is 0 Å². The SMILES string of the molecule is Cc1ccc(C(C)NC2c3ccccc3CC2(C)C)s1. The minimum absolute atomic E-state index is 0.282.